The smallest absolute Gasteiger partial charge is 0.351 e. The number of ether oxygens (including phenoxy) is 4. The molecule has 0 spiro atoms. The maximum Gasteiger partial charge on any atom is 0.351 e. The number of aliphatic hydroxyl groups is 3. The van der Waals surface area contributed by atoms with Crippen LogP contribution in [0.5, 0.6) is 0 Å². The van der Waals surface area contributed by atoms with Crippen LogP contribution in [0.4, 0.5) is 23.0 Å². The lowest BCUT2D eigenvalue weighted by Gasteiger charge is -2.23. The molecule has 2 fully saturated rings. The minimum Gasteiger partial charge on any atom is -0.394 e. The largest absolute Gasteiger partial charge is 0.394 e. The Bertz CT molecular complexity index is 2900. The van der Waals surface area contributed by atoms with E-state index in [9.17, 15) is 68.6 Å². The van der Waals surface area contributed by atoms with E-state index in [4.69, 9.17) is 44.7 Å². The molecule has 0 bridgehead atoms. The summed E-state index contributed by atoms with van der Waals surface area (Å²) in [5.74, 6) is -3.43. The number of aromatic nitrogens is 4. The van der Waals surface area contributed by atoms with E-state index in [0.29, 0.717) is 16.7 Å². The highest BCUT2D eigenvalue weighted by atomic mass is 31.3. The Hall–Kier alpha value is -5.19. The number of rotatable bonds is 22. The van der Waals surface area contributed by atoms with Gasteiger partial charge in [-0.05, 0) is 24.0 Å². The van der Waals surface area contributed by atoms with Gasteiger partial charge in [0.1, 0.15) is 48.1 Å². The number of hydrogen-bond acceptors (Lipinski definition) is 21. The van der Waals surface area contributed by atoms with Crippen LogP contribution in [0.2, 0.25) is 0 Å². The average Bonchev–Trinajstić information content (AvgIpc) is 3.86. The van der Waals surface area contributed by atoms with Gasteiger partial charge in [-0.3, -0.25) is 43.1 Å². The summed E-state index contributed by atoms with van der Waals surface area (Å²) in [6.07, 6.45) is -4.94. The average molecular weight is 1100 g/mol. The number of para-hydroxylation sites is 2. The summed E-state index contributed by atoms with van der Waals surface area (Å²) >= 11 is 0. The van der Waals surface area contributed by atoms with Crippen molar-refractivity contribution >= 4 is 45.6 Å². The van der Waals surface area contributed by atoms with Crippen molar-refractivity contribution in [2.24, 2.45) is 11.8 Å². The number of nitrogen functional groups attached to an aromatic ring is 2. The standard InChI is InChI=1S/C22H33N4O14P3.C20H26N4O7/c1-13(2)20(15-5-3-4-6-16(15)26(29)30)38-9-14-8-25(22(28)24-21(14)23)19-7-17(27)18(40-19)10-39-43(36,37)12-41(31,32)11-42(33,34)35;1-11(2)18(13-5-3-4-6-14(13)24(28)29)30-10-12-8-23(20(27)22-19(12)21)17-7-15(26)16(9-25)31-17/h3-6,8,13,17-20,27H,7,9-12H2,1-2H3,(H,31,32)(H,36,37)(H2,23,24,28)(H2,33,34,35);3-6,8,11,15-18,25-26H,7,9-10H2,1-2H3,(H2,21,22,27)/t17-,18-,19-,20+;15-,16-,17-,18+/m11/s1. The number of aliphatic hydroxyl groups excluding tert-OH is 3. The van der Waals surface area contributed by atoms with Crippen LogP contribution < -0.4 is 22.8 Å². The van der Waals surface area contributed by atoms with E-state index in [1.165, 1.54) is 35.2 Å². The third-order valence-electron chi connectivity index (χ3n) is 11.5. The summed E-state index contributed by atoms with van der Waals surface area (Å²) in [6.45, 7) is 5.98. The second kappa shape index (κ2) is 25.1. The fraction of sp³-hybridized carbons (Fsp3) is 0.524. The Labute approximate surface area is 421 Å². The summed E-state index contributed by atoms with van der Waals surface area (Å²) in [5, 5.41) is 52.6. The number of anilines is 2. The Morgan fingerprint density at radius 2 is 1.12 bits per heavy atom. The van der Waals surface area contributed by atoms with Gasteiger partial charge in [-0.2, -0.15) is 9.97 Å². The Morgan fingerprint density at radius 3 is 1.50 bits per heavy atom. The number of benzene rings is 2. The van der Waals surface area contributed by atoms with Crippen LogP contribution in [-0.2, 0) is 50.4 Å². The zero-order valence-electron chi connectivity index (χ0n) is 40.2. The van der Waals surface area contributed by atoms with E-state index in [2.05, 4.69) is 9.97 Å². The molecule has 2 aliphatic rings. The molecule has 0 aliphatic carbocycles. The van der Waals surface area contributed by atoms with Crippen molar-refractivity contribution in [3.63, 3.8) is 0 Å². The highest BCUT2D eigenvalue weighted by Crippen LogP contribution is 2.63. The van der Waals surface area contributed by atoms with Crippen LogP contribution in [0.1, 0.15) is 87.5 Å². The van der Waals surface area contributed by atoms with Crippen LogP contribution in [0.25, 0.3) is 0 Å². The molecule has 2 aromatic heterocycles. The molecule has 2 aliphatic heterocycles. The molecule has 2 aromatic carbocycles. The summed E-state index contributed by atoms with van der Waals surface area (Å²) in [5.41, 5.74) is 11.6. The van der Waals surface area contributed by atoms with Crippen molar-refractivity contribution in [2.45, 2.75) is 103 Å². The van der Waals surface area contributed by atoms with Crippen LogP contribution in [-0.4, -0.2) is 113 Å². The predicted octanol–water partition coefficient (Wildman–Crippen LogP) is 3.15. The molecule has 2 unspecified atom stereocenters. The van der Waals surface area contributed by atoms with E-state index >= 15 is 0 Å². The first kappa shape index (κ1) is 59.7. The molecule has 11 N–H and O–H groups in total. The summed E-state index contributed by atoms with van der Waals surface area (Å²) in [7, 11) is -14.6. The maximum absolute atomic E-state index is 12.6. The summed E-state index contributed by atoms with van der Waals surface area (Å²) in [6, 6.07) is 12.5. The monoisotopic (exact) mass is 1100 g/mol. The summed E-state index contributed by atoms with van der Waals surface area (Å²) < 4.78 is 65.4. The first-order chi connectivity index (χ1) is 34.5. The van der Waals surface area contributed by atoms with Crippen molar-refractivity contribution in [3.8, 4) is 0 Å². The third kappa shape index (κ3) is 15.9. The Kier molecular flexibility index (Phi) is 20.2. The molecule has 4 heterocycles. The molecule has 6 rings (SSSR count). The van der Waals surface area contributed by atoms with Gasteiger partial charge in [0, 0.05) is 48.5 Å². The molecule has 29 nitrogen and oxygen atoms in total. The van der Waals surface area contributed by atoms with Crippen molar-refractivity contribution in [3.05, 3.63) is 124 Å². The molecule has 408 valence electrons. The molecule has 10 atom stereocenters. The van der Waals surface area contributed by atoms with E-state index < -0.39 is 111 Å². The SMILES string of the molecule is CC(C)[C@H](OCc1cn([C@H]2C[C@@H](O)[C@@H](CO)O2)c(=O)nc1N)c1ccccc1[N+](=O)[O-].CC(C)[C@H](OCc1cn([C@H]2C[C@@H](O)[C@@H](COP(=O)(O)CP(=O)(O)CP(=O)(O)O)O2)c(=O)nc1N)c1ccccc1[N+](=O)[O-]. The lowest BCUT2D eigenvalue weighted by Crippen LogP contribution is -2.29. The Morgan fingerprint density at radius 1 is 0.716 bits per heavy atom. The highest BCUT2D eigenvalue weighted by Gasteiger charge is 2.41. The van der Waals surface area contributed by atoms with Crippen LogP contribution >= 0.6 is 22.6 Å². The number of nitro benzene ring substituents is 2. The second-order valence-electron chi connectivity index (χ2n) is 18.0. The zero-order valence-corrected chi connectivity index (χ0v) is 42.9. The number of nitro groups is 2. The quantitative estimate of drug-likeness (QED) is 0.0310. The van der Waals surface area contributed by atoms with Gasteiger partial charge in [0.15, 0.2) is 0 Å². The normalized spacial score (nSPS) is 22.4. The lowest BCUT2D eigenvalue weighted by molar-refractivity contribution is -0.386. The van der Waals surface area contributed by atoms with Gasteiger partial charge < -0.3 is 69.8 Å². The van der Waals surface area contributed by atoms with E-state index in [1.54, 1.807) is 30.3 Å². The third-order valence-corrected chi connectivity index (χ3v) is 18.5. The highest BCUT2D eigenvalue weighted by molar-refractivity contribution is 7.79. The van der Waals surface area contributed by atoms with Crippen molar-refractivity contribution < 1.29 is 81.9 Å². The van der Waals surface area contributed by atoms with Crippen molar-refractivity contribution in [2.75, 3.05) is 36.5 Å². The van der Waals surface area contributed by atoms with E-state index in [0.717, 1.165) is 4.57 Å². The molecular weight excluding hydrogens is 1050 g/mol. The zero-order chi connectivity index (χ0) is 55.0. The molecule has 2 saturated heterocycles. The first-order valence-electron chi connectivity index (χ1n) is 22.6. The number of hydrogen-bond donors (Lipinski definition) is 9. The molecule has 0 amide bonds. The van der Waals surface area contributed by atoms with Gasteiger partial charge in [0.05, 0.1) is 71.8 Å². The maximum atomic E-state index is 12.6. The molecule has 74 heavy (non-hydrogen) atoms. The van der Waals surface area contributed by atoms with Gasteiger partial charge in [0.2, 0.25) is 7.37 Å². The van der Waals surface area contributed by atoms with Gasteiger partial charge in [-0.25, -0.2) is 9.59 Å². The molecule has 32 heteroatoms. The van der Waals surface area contributed by atoms with Gasteiger partial charge >= 0.3 is 26.6 Å². The van der Waals surface area contributed by atoms with Gasteiger partial charge in [0.25, 0.3) is 11.4 Å². The van der Waals surface area contributed by atoms with Crippen LogP contribution in [0.15, 0.2) is 70.5 Å². The van der Waals surface area contributed by atoms with Gasteiger partial charge in [-0.1, -0.05) is 52.0 Å². The number of nitrogens with zero attached hydrogens (tertiary/aromatic N) is 6. The minimum absolute atomic E-state index is 0.0245. The minimum atomic E-state index is -4.96. The van der Waals surface area contributed by atoms with Crippen LogP contribution in [0, 0.1) is 32.1 Å². The van der Waals surface area contributed by atoms with Gasteiger partial charge in [-0.15, -0.1) is 0 Å². The first-order valence-corrected chi connectivity index (χ1v) is 28.1. The van der Waals surface area contributed by atoms with Crippen molar-refractivity contribution in [1.29, 1.82) is 0 Å². The van der Waals surface area contributed by atoms with Crippen molar-refractivity contribution in [1.82, 2.24) is 19.1 Å². The Balaban J connectivity index is 0.000000288. The molecule has 0 radical (unpaired) electrons. The predicted molar refractivity (Wildman–Crippen MR) is 260 cm³/mol. The van der Waals surface area contributed by atoms with E-state index in [1.807, 2.05) is 27.7 Å². The summed E-state index contributed by atoms with van der Waals surface area (Å²) in [4.78, 5) is 91.9. The molecule has 4 aromatic rings. The lowest BCUT2D eigenvalue weighted by atomic mass is 9.97. The molecule has 0 saturated carbocycles. The second-order valence-corrected chi connectivity index (χ2v) is 24.9. The molecular formula is C42H59N8O21P3. The topological polar surface area (TPSA) is 447 Å². The van der Waals surface area contributed by atoms with Crippen LogP contribution in [0.3, 0.4) is 0 Å². The number of nitrogens with two attached hydrogens (primary N) is 2. The fourth-order valence-corrected chi connectivity index (χ4v) is 14.4. The fourth-order valence-electron chi connectivity index (χ4n) is 8.04. The van der Waals surface area contributed by atoms with E-state index in [-0.39, 0.29) is 73.1 Å².